The van der Waals surface area contributed by atoms with Gasteiger partial charge in [0.05, 0.1) is 5.69 Å². The summed E-state index contributed by atoms with van der Waals surface area (Å²) in [5, 5.41) is 7.91. The van der Waals surface area contributed by atoms with Gasteiger partial charge in [0.1, 0.15) is 5.82 Å². The molecule has 1 aromatic heterocycles. The van der Waals surface area contributed by atoms with Gasteiger partial charge < -0.3 is 16.6 Å². The zero-order valence-corrected chi connectivity index (χ0v) is 8.10. The summed E-state index contributed by atoms with van der Waals surface area (Å²) < 4.78 is 0. The van der Waals surface area contributed by atoms with Gasteiger partial charge in [-0.25, -0.2) is 4.98 Å². The lowest BCUT2D eigenvalue weighted by molar-refractivity contribution is -0.137. The molecule has 0 aromatic carbocycles. The number of carboxylic acids is 1. The first-order valence-corrected chi connectivity index (χ1v) is 4.25. The van der Waals surface area contributed by atoms with E-state index in [1.54, 1.807) is 18.3 Å². The number of pyridine rings is 1. The lowest BCUT2D eigenvalue weighted by Crippen LogP contribution is -1.95. The number of hydrogen-bond donors (Lipinski definition) is 3. The Morgan fingerprint density at radius 2 is 2.21 bits per heavy atom. The molecule has 0 bridgehead atoms. The van der Waals surface area contributed by atoms with Crippen molar-refractivity contribution < 1.29 is 9.90 Å². The molecule has 1 rings (SSSR count). The molecule has 0 amide bonds. The minimum absolute atomic E-state index is 0.292. The Hall–Kier alpha value is -1.78. The van der Waals surface area contributed by atoms with Crippen molar-refractivity contribution in [3.63, 3.8) is 0 Å². The Balaban J connectivity index is 0.000000255. The number of carboxylic acid groups (broad SMARTS) is 1. The highest BCUT2D eigenvalue weighted by molar-refractivity contribution is 5.66. The van der Waals surface area contributed by atoms with Crippen LogP contribution in [0.5, 0.6) is 0 Å². The molecule has 0 unspecified atom stereocenters. The third kappa shape index (κ3) is 5.82. The van der Waals surface area contributed by atoms with Crippen LogP contribution in [0.3, 0.4) is 0 Å². The van der Waals surface area contributed by atoms with Crippen LogP contribution >= 0.6 is 0 Å². The molecule has 78 valence electrons. The minimum Gasteiger partial charge on any atom is -0.481 e. The van der Waals surface area contributed by atoms with Gasteiger partial charge in [-0.15, -0.1) is 0 Å². The van der Waals surface area contributed by atoms with Crippen LogP contribution in [0.4, 0.5) is 11.5 Å². The standard InChI is InChI=1S/C5H7N3.C4H8O2/c6-4-2-1-3-8-5(4)7;1-2-3-4(5)6/h1-3H,6H2,(H2,7,8);2-3H2,1H3,(H,5,6). The van der Waals surface area contributed by atoms with Crippen LogP contribution in [0.25, 0.3) is 0 Å². The highest BCUT2D eigenvalue weighted by Gasteiger charge is 1.87. The van der Waals surface area contributed by atoms with E-state index in [2.05, 4.69) is 4.98 Å². The molecule has 1 heterocycles. The number of aromatic nitrogens is 1. The molecule has 0 aliphatic heterocycles. The first-order chi connectivity index (χ1) is 6.57. The van der Waals surface area contributed by atoms with E-state index in [4.69, 9.17) is 16.6 Å². The van der Waals surface area contributed by atoms with Crippen molar-refractivity contribution in [1.29, 1.82) is 0 Å². The SMILES string of the molecule is CCCC(=O)O.Nc1cccnc1N. The Morgan fingerprint density at radius 3 is 2.43 bits per heavy atom. The molecule has 0 saturated heterocycles. The van der Waals surface area contributed by atoms with Gasteiger partial charge in [0.15, 0.2) is 0 Å². The molecule has 0 aliphatic rings. The van der Waals surface area contributed by atoms with Crippen molar-refractivity contribution in [3.8, 4) is 0 Å². The number of nitrogens with two attached hydrogens (primary N) is 2. The van der Waals surface area contributed by atoms with Crippen LogP contribution in [0.15, 0.2) is 18.3 Å². The van der Waals surface area contributed by atoms with Gasteiger partial charge in [-0.3, -0.25) is 4.79 Å². The second kappa shape index (κ2) is 6.71. The lowest BCUT2D eigenvalue weighted by Gasteiger charge is -1.92. The second-order valence-corrected chi connectivity index (χ2v) is 2.62. The predicted molar refractivity (Wildman–Crippen MR) is 55.6 cm³/mol. The summed E-state index contributed by atoms with van der Waals surface area (Å²) in [6, 6.07) is 3.45. The summed E-state index contributed by atoms with van der Waals surface area (Å²) in [6.07, 6.45) is 2.63. The van der Waals surface area contributed by atoms with E-state index >= 15 is 0 Å². The molecular formula is C9H15N3O2. The Labute approximate surface area is 82.8 Å². The molecule has 0 radical (unpaired) electrons. The fraction of sp³-hybridized carbons (Fsp3) is 0.333. The van der Waals surface area contributed by atoms with Crippen molar-refractivity contribution in [2.75, 3.05) is 11.5 Å². The monoisotopic (exact) mass is 197 g/mol. The molecular weight excluding hydrogens is 182 g/mol. The maximum Gasteiger partial charge on any atom is 0.303 e. The molecule has 5 N–H and O–H groups in total. The molecule has 5 heteroatoms. The van der Waals surface area contributed by atoms with Crippen molar-refractivity contribution in [2.45, 2.75) is 19.8 Å². The van der Waals surface area contributed by atoms with Crippen LogP contribution < -0.4 is 11.5 Å². The van der Waals surface area contributed by atoms with Crippen molar-refractivity contribution in [2.24, 2.45) is 0 Å². The van der Waals surface area contributed by atoms with E-state index in [1.807, 2.05) is 6.92 Å². The van der Waals surface area contributed by atoms with Crippen LogP contribution in [0.1, 0.15) is 19.8 Å². The smallest absolute Gasteiger partial charge is 0.303 e. The quantitative estimate of drug-likeness (QED) is 0.659. The van der Waals surface area contributed by atoms with Gasteiger partial charge in [-0.1, -0.05) is 6.92 Å². The van der Waals surface area contributed by atoms with Gasteiger partial charge >= 0.3 is 5.97 Å². The van der Waals surface area contributed by atoms with Crippen LogP contribution in [-0.2, 0) is 4.79 Å². The fourth-order valence-corrected chi connectivity index (χ4v) is 0.644. The minimum atomic E-state index is -0.711. The number of rotatable bonds is 2. The summed E-state index contributed by atoms with van der Waals surface area (Å²) >= 11 is 0. The van der Waals surface area contributed by atoms with Gasteiger partial charge in [-0.05, 0) is 18.6 Å². The van der Waals surface area contributed by atoms with Crippen molar-refractivity contribution in [1.82, 2.24) is 4.98 Å². The summed E-state index contributed by atoms with van der Waals surface area (Å²) in [5.74, 6) is -0.315. The average molecular weight is 197 g/mol. The predicted octanol–water partition coefficient (Wildman–Crippen LogP) is 1.12. The highest BCUT2D eigenvalue weighted by Crippen LogP contribution is 2.06. The molecule has 0 aliphatic carbocycles. The normalized spacial score (nSPS) is 8.64. The Morgan fingerprint density at radius 1 is 1.57 bits per heavy atom. The molecule has 5 nitrogen and oxygen atoms in total. The number of anilines is 2. The van der Waals surface area contributed by atoms with E-state index in [-0.39, 0.29) is 0 Å². The third-order valence-electron chi connectivity index (χ3n) is 1.34. The summed E-state index contributed by atoms with van der Waals surface area (Å²) in [7, 11) is 0. The summed E-state index contributed by atoms with van der Waals surface area (Å²) in [4.78, 5) is 13.3. The molecule has 0 atom stereocenters. The molecule has 1 aromatic rings. The van der Waals surface area contributed by atoms with E-state index in [1.165, 1.54) is 0 Å². The summed E-state index contributed by atoms with van der Waals surface area (Å²) in [5.41, 5.74) is 11.2. The zero-order valence-electron chi connectivity index (χ0n) is 8.10. The molecule has 0 saturated carbocycles. The van der Waals surface area contributed by atoms with E-state index in [0.717, 1.165) is 6.42 Å². The number of nitrogen functional groups attached to an aromatic ring is 2. The van der Waals surface area contributed by atoms with Crippen LogP contribution in [0.2, 0.25) is 0 Å². The average Bonchev–Trinajstić information content (AvgIpc) is 2.11. The number of carbonyl (C=O) groups is 1. The topological polar surface area (TPSA) is 102 Å². The second-order valence-electron chi connectivity index (χ2n) is 2.62. The number of aliphatic carboxylic acids is 1. The molecule has 0 spiro atoms. The van der Waals surface area contributed by atoms with E-state index in [0.29, 0.717) is 17.9 Å². The molecule has 14 heavy (non-hydrogen) atoms. The van der Waals surface area contributed by atoms with Crippen LogP contribution in [-0.4, -0.2) is 16.1 Å². The van der Waals surface area contributed by atoms with E-state index < -0.39 is 5.97 Å². The van der Waals surface area contributed by atoms with Crippen molar-refractivity contribution >= 4 is 17.5 Å². The lowest BCUT2D eigenvalue weighted by atomic mass is 10.4. The third-order valence-corrected chi connectivity index (χ3v) is 1.34. The highest BCUT2D eigenvalue weighted by atomic mass is 16.4. The van der Waals surface area contributed by atoms with Gasteiger partial charge in [0.2, 0.25) is 0 Å². The van der Waals surface area contributed by atoms with Gasteiger partial charge in [-0.2, -0.15) is 0 Å². The zero-order chi connectivity index (χ0) is 11.0. The number of nitrogens with zero attached hydrogens (tertiary/aromatic N) is 1. The first kappa shape index (κ1) is 12.2. The van der Waals surface area contributed by atoms with Crippen LogP contribution in [0, 0.1) is 0 Å². The first-order valence-electron chi connectivity index (χ1n) is 4.25. The maximum atomic E-state index is 9.60. The van der Waals surface area contributed by atoms with Gasteiger partial charge in [0.25, 0.3) is 0 Å². The molecule has 0 fully saturated rings. The number of hydrogen-bond acceptors (Lipinski definition) is 4. The van der Waals surface area contributed by atoms with Gasteiger partial charge in [0, 0.05) is 12.6 Å². The largest absolute Gasteiger partial charge is 0.481 e. The van der Waals surface area contributed by atoms with Crippen molar-refractivity contribution in [3.05, 3.63) is 18.3 Å². The van der Waals surface area contributed by atoms with E-state index in [9.17, 15) is 4.79 Å². The Kier molecular flexibility index (Phi) is 5.85. The maximum absolute atomic E-state index is 9.60. The fourth-order valence-electron chi connectivity index (χ4n) is 0.644. The Bertz CT molecular complexity index is 268. The summed E-state index contributed by atoms with van der Waals surface area (Å²) in [6.45, 7) is 1.84.